The van der Waals surface area contributed by atoms with Crippen LogP contribution in [0.1, 0.15) is 33.9 Å². The molecular formula is C22H23N7OS. The smallest absolute Gasteiger partial charge is 0.252 e. The number of nitrogens with one attached hydrogen (secondary N) is 2. The number of aromatic amines is 1. The fourth-order valence-electron chi connectivity index (χ4n) is 3.24. The maximum Gasteiger partial charge on any atom is 0.252 e. The molecular weight excluding hydrogens is 410 g/mol. The van der Waals surface area contributed by atoms with Gasteiger partial charge < -0.3 is 0 Å². The number of H-pyrrole nitrogens is 1. The number of thioether (sulfide) groups is 1. The molecule has 0 radical (unpaired) electrons. The van der Waals surface area contributed by atoms with Crippen LogP contribution >= 0.6 is 11.8 Å². The Bertz CT molecular complexity index is 1330. The van der Waals surface area contributed by atoms with Crippen LogP contribution in [0.25, 0.3) is 10.9 Å². The average molecular weight is 434 g/mol. The molecule has 9 heteroatoms. The Morgan fingerprint density at radius 2 is 1.58 bits per heavy atom. The predicted octanol–water partition coefficient (Wildman–Crippen LogP) is 4.08. The van der Waals surface area contributed by atoms with Crippen molar-refractivity contribution < 1.29 is 0 Å². The van der Waals surface area contributed by atoms with E-state index in [1.807, 2.05) is 32.9 Å². The maximum absolute atomic E-state index is 12.2. The summed E-state index contributed by atoms with van der Waals surface area (Å²) in [4.78, 5) is 37.3. The van der Waals surface area contributed by atoms with Crippen LogP contribution in [0.5, 0.6) is 0 Å². The van der Waals surface area contributed by atoms with Gasteiger partial charge >= 0.3 is 0 Å². The summed E-state index contributed by atoms with van der Waals surface area (Å²) >= 11 is 1.44. The highest BCUT2D eigenvalue weighted by Crippen LogP contribution is 2.23. The monoisotopic (exact) mass is 433 g/mol. The first-order valence-electron chi connectivity index (χ1n) is 9.85. The molecule has 2 N–H and O–H groups in total. The third kappa shape index (κ3) is 4.88. The topological polar surface area (TPSA) is 109 Å². The van der Waals surface area contributed by atoms with Gasteiger partial charge in [0.1, 0.15) is 0 Å². The van der Waals surface area contributed by atoms with E-state index in [0.717, 1.165) is 33.5 Å². The van der Waals surface area contributed by atoms with Crippen molar-refractivity contribution in [3.63, 3.8) is 0 Å². The molecule has 3 heterocycles. The molecule has 0 atom stereocenters. The summed E-state index contributed by atoms with van der Waals surface area (Å²) in [5.41, 5.74) is 6.24. The molecule has 158 valence electrons. The molecule has 4 aromatic rings. The van der Waals surface area contributed by atoms with Gasteiger partial charge in [0.25, 0.3) is 5.56 Å². The van der Waals surface area contributed by atoms with Crippen molar-refractivity contribution in [3.8, 4) is 0 Å². The molecule has 0 bridgehead atoms. The van der Waals surface area contributed by atoms with Crippen molar-refractivity contribution in [3.05, 3.63) is 68.5 Å². The van der Waals surface area contributed by atoms with Gasteiger partial charge in [0, 0.05) is 28.6 Å². The van der Waals surface area contributed by atoms with Gasteiger partial charge in [-0.3, -0.25) is 15.1 Å². The lowest BCUT2D eigenvalue weighted by Crippen LogP contribution is -2.13. The Hall–Kier alpha value is -3.33. The lowest BCUT2D eigenvalue weighted by Gasteiger charge is -2.10. The third-order valence-electron chi connectivity index (χ3n) is 4.84. The Morgan fingerprint density at radius 1 is 0.871 bits per heavy atom. The molecule has 0 saturated carbocycles. The van der Waals surface area contributed by atoms with Crippen molar-refractivity contribution in [2.45, 2.75) is 45.5 Å². The number of benzene rings is 1. The summed E-state index contributed by atoms with van der Waals surface area (Å²) in [7, 11) is 0. The lowest BCUT2D eigenvalue weighted by atomic mass is 10.1. The summed E-state index contributed by atoms with van der Waals surface area (Å²) in [6.45, 7) is 9.93. The third-order valence-corrected chi connectivity index (χ3v) is 5.72. The molecule has 0 saturated heterocycles. The fourth-order valence-corrected chi connectivity index (χ4v) is 4.08. The van der Waals surface area contributed by atoms with E-state index < -0.39 is 0 Å². The zero-order valence-corrected chi connectivity index (χ0v) is 18.9. The molecule has 0 fully saturated rings. The molecule has 4 rings (SSSR count). The Balaban J connectivity index is 1.58. The average Bonchev–Trinajstić information content (AvgIpc) is 2.67. The molecule has 8 nitrogen and oxygen atoms in total. The van der Waals surface area contributed by atoms with Gasteiger partial charge in [0.05, 0.1) is 16.9 Å². The maximum atomic E-state index is 12.2. The molecule has 0 amide bonds. The number of nitrogens with zero attached hydrogens (tertiary/aromatic N) is 5. The van der Waals surface area contributed by atoms with E-state index in [-0.39, 0.29) is 5.56 Å². The van der Waals surface area contributed by atoms with Crippen molar-refractivity contribution in [1.29, 1.82) is 0 Å². The van der Waals surface area contributed by atoms with Gasteiger partial charge in [-0.15, -0.1) is 0 Å². The first-order chi connectivity index (χ1) is 14.8. The minimum Gasteiger partial charge on any atom is -0.294 e. The Morgan fingerprint density at radius 3 is 2.32 bits per heavy atom. The van der Waals surface area contributed by atoms with Crippen LogP contribution in [0, 0.1) is 34.6 Å². The van der Waals surface area contributed by atoms with Crippen LogP contribution in [0.2, 0.25) is 0 Å². The number of rotatable bonds is 5. The van der Waals surface area contributed by atoms with Crippen LogP contribution in [0.15, 0.2) is 34.2 Å². The molecule has 1 aromatic carbocycles. The summed E-state index contributed by atoms with van der Waals surface area (Å²) in [5, 5.41) is 4.71. The zero-order valence-electron chi connectivity index (χ0n) is 18.1. The molecule has 0 spiro atoms. The van der Waals surface area contributed by atoms with E-state index in [4.69, 9.17) is 0 Å². The highest BCUT2D eigenvalue weighted by atomic mass is 32.2. The van der Waals surface area contributed by atoms with Gasteiger partial charge in [-0.05, 0) is 63.9 Å². The van der Waals surface area contributed by atoms with Crippen molar-refractivity contribution in [1.82, 2.24) is 29.9 Å². The summed E-state index contributed by atoms with van der Waals surface area (Å²) < 4.78 is 0. The van der Waals surface area contributed by atoms with Gasteiger partial charge in [0.2, 0.25) is 11.9 Å². The highest BCUT2D eigenvalue weighted by molar-refractivity contribution is 7.98. The molecule has 0 aliphatic rings. The SMILES string of the molecule is Cc1cc(C)nc(SCc2cc(=O)[nH]c(Nc3nc(C)c4cc(C)c(C)cc4n3)n2)n1. The van der Waals surface area contributed by atoms with Gasteiger partial charge in [-0.1, -0.05) is 11.8 Å². The van der Waals surface area contributed by atoms with Crippen LogP contribution in [-0.4, -0.2) is 29.9 Å². The molecule has 0 aliphatic heterocycles. The van der Waals surface area contributed by atoms with Crippen LogP contribution < -0.4 is 10.9 Å². The van der Waals surface area contributed by atoms with Crippen molar-refractivity contribution >= 4 is 34.6 Å². The number of hydrogen-bond donors (Lipinski definition) is 2. The number of aromatic nitrogens is 6. The van der Waals surface area contributed by atoms with Gasteiger partial charge in [-0.2, -0.15) is 0 Å². The minimum absolute atomic E-state index is 0.251. The second-order valence-corrected chi connectivity index (χ2v) is 8.46. The highest BCUT2D eigenvalue weighted by Gasteiger charge is 2.10. The second-order valence-electron chi connectivity index (χ2n) is 7.52. The van der Waals surface area contributed by atoms with E-state index in [2.05, 4.69) is 55.1 Å². The summed E-state index contributed by atoms with van der Waals surface area (Å²) in [5.74, 6) is 1.16. The number of aryl methyl sites for hydroxylation is 5. The predicted molar refractivity (Wildman–Crippen MR) is 123 cm³/mol. The molecule has 0 unspecified atom stereocenters. The fraction of sp³-hybridized carbons (Fsp3) is 0.273. The number of hydrogen-bond acceptors (Lipinski definition) is 8. The van der Waals surface area contributed by atoms with Gasteiger partial charge in [-0.25, -0.2) is 24.9 Å². The van der Waals surface area contributed by atoms with Crippen molar-refractivity contribution in [2.75, 3.05) is 5.32 Å². The number of anilines is 2. The molecule has 31 heavy (non-hydrogen) atoms. The van der Waals surface area contributed by atoms with E-state index in [9.17, 15) is 4.79 Å². The van der Waals surface area contributed by atoms with E-state index >= 15 is 0 Å². The molecule has 3 aromatic heterocycles. The Kier molecular flexibility index (Phi) is 5.69. The number of fused-ring (bicyclic) bond motifs is 1. The van der Waals surface area contributed by atoms with Gasteiger partial charge in [0.15, 0.2) is 5.16 Å². The lowest BCUT2D eigenvalue weighted by molar-refractivity contribution is 0.900. The zero-order chi connectivity index (χ0) is 22.1. The van der Waals surface area contributed by atoms with Crippen LogP contribution in [0.4, 0.5) is 11.9 Å². The summed E-state index contributed by atoms with van der Waals surface area (Å²) in [6, 6.07) is 7.53. The molecule has 0 aliphatic carbocycles. The normalized spacial score (nSPS) is 11.1. The summed E-state index contributed by atoms with van der Waals surface area (Å²) in [6.07, 6.45) is 0. The second kappa shape index (κ2) is 8.43. The minimum atomic E-state index is -0.251. The first-order valence-corrected chi connectivity index (χ1v) is 10.8. The van der Waals surface area contributed by atoms with Crippen LogP contribution in [0.3, 0.4) is 0 Å². The van der Waals surface area contributed by atoms with Crippen LogP contribution in [-0.2, 0) is 5.75 Å². The largest absolute Gasteiger partial charge is 0.294 e. The standard InChI is InChI=1S/C22H23N7OS/c1-11-6-17-15(5)25-20(27-18(17)7-12(11)2)29-21-26-16(9-19(30)28-21)10-31-22-23-13(3)8-14(4)24-22/h6-9H,10H2,1-5H3,(H2,25,26,27,28,29,30). The first kappa shape index (κ1) is 20.9. The quantitative estimate of drug-likeness (QED) is 0.358. The Labute approximate surface area is 184 Å². The van der Waals surface area contributed by atoms with Crippen molar-refractivity contribution in [2.24, 2.45) is 0 Å². The van der Waals surface area contributed by atoms with E-state index in [1.54, 1.807) is 0 Å². The van der Waals surface area contributed by atoms with E-state index in [1.165, 1.54) is 23.4 Å². The van der Waals surface area contributed by atoms with E-state index in [0.29, 0.717) is 28.5 Å².